The maximum Gasteiger partial charge on any atom is 0.238 e. The lowest BCUT2D eigenvalue weighted by molar-refractivity contribution is -0.117. The van der Waals surface area contributed by atoms with Crippen LogP contribution in [0.5, 0.6) is 0 Å². The van der Waals surface area contributed by atoms with E-state index in [1.165, 1.54) is 6.07 Å². The van der Waals surface area contributed by atoms with Gasteiger partial charge in [-0.25, -0.2) is 4.39 Å². The number of anilines is 1. The molecule has 1 heterocycles. The first-order valence-corrected chi connectivity index (χ1v) is 6.54. The van der Waals surface area contributed by atoms with Crippen LogP contribution in [0.1, 0.15) is 12.0 Å². The second-order valence-corrected chi connectivity index (χ2v) is 5.02. The van der Waals surface area contributed by atoms with E-state index >= 15 is 0 Å². The molecule has 1 aliphatic rings. The number of benzene rings is 1. The van der Waals surface area contributed by atoms with Crippen molar-refractivity contribution in [1.82, 2.24) is 10.2 Å². The molecule has 6 heteroatoms. The first kappa shape index (κ1) is 16.9. The second kappa shape index (κ2) is 7.57. The summed E-state index contributed by atoms with van der Waals surface area (Å²) in [6.45, 7) is 3.85. The molecule has 1 fully saturated rings. The van der Waals surface area contributed by atoms with Crippen molar-refractivity contribution in [2.24, 2.45) is 0 Å². The fourth-order valence-corrected chi connectivity index (χ4v) is 2.29. The normalized spacial score (nSPS) is 18.6. The third kappa shape index (κ3) is 4.44. The van der Waals surface area contributed by atoms with E-state index < -0.39 is 0 Å². The highest BCUT2D eigenvalue weighted by Crippen LogP contribution is 2.14. The standard InChI is InChI=1S/C14H20FN3O.ClH/c1-10-3-4-11(7-13(10)15)17-14(19)9-18-6-5-12(8-18)16-2;/h3-4,7,12,16H,5-6,8-9H2,1-2H3,(H,17,19);1H. The lowest BCUT2D eigenvalue weighted by Crippen LogP contribution is -2.34. The van der Waals surface area contributed by atoms with E-state index in [0.717, 1.165) is 19.5 Å². The van der Waals surface area contributed by atoms with Crippen molar-refractivity contribution in [2.75, 3.05) is 32.0 Å². The minimum Gasteiger partial charge on any atom is -0.325 e. The third-order valence-electron chi connectivity index (χ3n) is 3.50. The zero-order chi connectivity index (χ0) is 13.8. The van der Waals surface area contributed by atoms with Crippen molar-refractivity contribution in [2.45, 2.75) is 19.4 Å². The molecule has 1 amide bonds. The molecule has 20 heavy (non-hydrogen) atoms. The summed E-state index contributed by atoms with van der Waals surface area (Å²) in [6.07, 6.45) is 1.06. The largest absolute Gasteiger partial charge is 0.325 e. The minimum absolute atomic E-state index is 0. The fourth-order valence-electron chi connectivity index (χ4n) is 2.29. The van der Waals surface area contributed by atoms with Gasteiger partial charge in [0.25, 0.3) is 0 Å². The SMILES string of the molecule is CNC1CCN(CC(=O)Nc2ccc(C)c(F)c2)C1.Cl. The van der Waals surface area contributed by atoms with Crippen molar-refractivity contribution < 1.29 is 9.18 Å². The molecule has 4 nitrogen and oxygen atoms in total. The molecule has 2 rings (SSSR count). The van der Waals surface area contributed by atoms with Crippen LogP contribution in [0.2, 0.25) is 0 Å². The molecule has 0 saturated carbocycles. The summed E-state index contributed by atoms with van der Waals surface area (Å²) in [7, 11) is 1.93. The van der Waals surface area contributed by atoms with Crippen molar-refractivity contribution in [1.29, 1.82) is 0 Å². The van der Waals surface area contributed by atoms with E-state index in [0.29, 0.717) is 23.8 Å². The Kier molecular flexibility index (Phi) is 6.39. The van der Waals surface area contributed by atoms with Gasteiger partial charge in [0.2, 0.25) is 5.91 Å². The Bertz CT molecular complexity index is 470. The molecular weight excluding hydrogens is 281 g/mol. The fraction of sp³-hybridized carbons (Fsp3) is 0.500. The Labute approximate surface area is 125 Å². The molecule has 1 aromatic carbocycles. The van der Waals surface area contributed by atoms with Crippen molar-refractivity contribution in [3.8, 4) is 0 Å². The summed E-state index contributed by atoms with van der Waals surface area (Å²) in [5, 5.41) is 5.94. The molecule has 1 saturated heterocycles. The van der Waals surface area contributed by atoms with E-state index in [9.17, 15) is 9.18 Å². The van der Waals surface area contributed by atoms with E-state index in [1.807, 2.05) is 7.05 Å². The molecule has 2 N–H and O–H groups in total. The van der Waals surface area contributed by atoms with Crippen LogP contribution in [0.15, 0.2) is 18.2 Å². The van der Waals surface area contributed by atoms with Gasteiger partial charge in [0.15, 0.2) is 0 Å². The number of halogens is 2. The maximum atomic E-state index is 13.4. The number of rotatable bonds is 4. The van der Waals surface area contributed by atoms with Gasteiger partial charge in [-0.1, -0.05) is 6.07 Å². The lowest BCUT2D eigenvalue weighted by Gasteiger charge is -2.15. The van der Waals surface area contributed by atoms with Gasteiger partial charge in [-0.3, -0.25) is 9.69 Å². The molecule has 1 unspecified atom stereocenters. The van der Waals surface area contributed by atoms with Crippen LogP contribution < -0.4 is 10.6 Å². The molecular formula is C14H21ClFN3O. The average molecular weight is 302 g/mol. The van der Waals surface area contributed by atoms with Gasteiger partial charge in [-0.15, -0.1) is 12.4 Å². The summed E-state index contributed by atoms with van der Waals surface area (Å²) in [4.78, 5) is 14.0. The molecule has 1 aliphatic heterocycles. The molecule has 0 aliphatic carbocycles. The van der Waals surface area contributed by atoms with Crippen LogP contribution >= 0.6 is 12.4 Å². The van der Waals surface area contributed by atoms with Crippen molar-refractivity contribution in [3.63, 3.8) is 0 Å². The predicted octanol–water partition coefficient (Wildman–Crippen LogP) is 1.79. The summed E-state index contributed by atoms with van der Waals surface area (Å²) < 4.78 is 13.4. The van der Waals surface area contributed by atoms with Crippen LogP contribution in [-0.4, -0.2) is 43.5 Å². The van der Waals surface area contributed by atoms with E-state index in [1.54, 1.807) is 19.1 Å². The zero-order valence-electron chi connectivity index (χ0n) is 11.8. The topological polar surface area (TPSA) is 44.4 Å². The number of likely N-dealkylation sites (tertiary alicyclic amines) is 1. The quantitative estimate of drug-likeness (QED) is 0.891. The second-order valence-electron chi connectivity index (χ2n) is 5.02. The Hall–Kier alpha value is -1.17. The highest BCUT2D eigenvalue weighted by Gasteiger charge is 2.22. The number of amides is 1. The third-order valence-corrected chi connectivity index (χ3v) is 3.50. The predicted molar refractivity (Wildman–Crippen MR) is 80.9 cm³/mol. The van der Waals surface area contributed by atoms with Crippen LogP contribution in [0.3, 0.4) is 0 Å². The minimum atomic E-state index is -0.297. The van der Waals surface area contributed by atoms with Crippen LogP contribution in [0.4, 0.5) is 10.1 Å². The highest BCUT2D eigenvalue weighted by atomic mass is 35.5. The Morgan fingerprint density at radius 1 is 1.50 bits per heavy atom. The zero-order valence-corrected chi connectivity index (χ0v) is 12.6. The maximum absolute atomic E-state index is 13.4. The summed E-state index contributed by atoms with van der Waals surface area (Å²) in [6, 6.07) is 5.20. The summed E-state index contributed by atoms with van der Waals surface area (Å²) in [5.74, 6) is -0.394. The molecule has 1 aromatic rings. The Morgan fingerprint density at radius 2 is 2.25 bits per heavy atom. The summed E-state index contributed by atoms with van der Waals surface area (Å²) >= 11 is 0. The van der Waals surface area contributed by atoms with Gasteiger partial charge in [0, 0.05) is 24.8 Å². The van der Waals surface area contributed by atoms with Crippen LogP contribution in [0, 0.1) is 12.7 Å². The molecule has 0 aromatic heterocycles. The summed E-state index contributed by atoms with van der Waals surface area (Å²) in [5.41, 5.74) is 1.09. The first-order valence-electron chi connectivity index (χ1n) is 6.54. The molecule has 0 spiro atoms. The number of nitrogens with one attached hydrogen (secondary N) is 2. The highest BCUT2D eigenvalue weighted by molar-refractivity contribution is 5.92. The number of hydrogen-bond acceptors (Lipinski definition) is 3. The first-order chi connectivity index (χ1) is 9.08. The van der Waals surface area contributed by atoms with Crippen molar-refractivity contribution >= 4 is 24.0 Å². The lowest BCUT2D eigenvalue weighted by atomic mass is 10.2. The number of aryl methyl sites for hydroxylation is 1. The van der Waals surface area contributed by atoms with Crippen molar-refractivity contribution in [3.05, 3.63) is 29.6 Å². The number of carbonyl (C=O) groups is 1. The molecule has 0 bridgehead atoms. The van der Waals surface area contributed by atoms with Gasteiger partial charge >= 0.3 is 0 Å². The van der Waals surface area contributed by atoms with Gasteiger partial charge in [-0.2, -0.15) is 0 Å². The van der Waals surface area contributed by atoms with Crippen LogP contribution in [0.25, 0.3) is 0 Å². The Balaban J connectivity index is 0.00000200. The van der Waals surface area contributed by atoms with E-state index in [4.69, 9.17) is 0 Å². The number of hydrogen-bond donors (Lipinski definition) is 2. The van der Waals surface area contributed by atoms with Gasteiger partial charge in [0.1, 0.15) is 5.82 Å². The monoisotopic (exact) mass is 301 g/mol. The smallest absolute Gasteiger partial charge is 0.238 e. The molecule has 1 atom stereocenters. The number of nitrogens with zero attached hydrogens (tertiary/aromatic N) is 1. The van der Waals surface area contributed by atoms with E-state index in [-0.39, 0.29) is 24.1 Å². The average Bonchev–Trinajstić information content (AvgIpc) is 2.81. The van der Waals surface area contributed by atoms with Gasteiger partial charge < -0.3 is 10.6 Å². The number of carbonyl (C=O) groups excluding carboxylic acids is 1. The van der Waals surface area contributed by atoms with Crippen LogP contribution in [-0.2, 0) is 4.79 Å². The molecule has 0 radical (unpaired) electrons. The molecule has 112 valence electrons. The Morgan fingerprint density at radius 3 is 2.85 bits per heavy atom. The van der Waals surface area contributed by atoms with E-state index in [2.05, 4.69) is 15.5 Å². The van der Waals surface area contributed by atoms with Gasteiger partial charge in [-0.05, 0) is 38.1 Å². The van der Waals surface area contributed by atoms with Gasteiger partial charge in [0.05, 0.1) is 6.54 Å². The number of likely N-dealkylation sites (N-methyl/N-ethyl adjacent to an activating group) is 1.